The Bertz CT molecular complexity index is 380. The van der Waals surface area contributed by atoms with Crippen LogP contribution in [-0.2, 0) is 4.74 Å². The molecule has 3 heteroatoms. The maximum absolute atomic E-state index is 6.15. The molecule has 0 aliphatic heterocycles. The first kappa shape index (κ1) is 12.9. The highest BCUT2D eigenvalue weighted by Gasteiger charge is 2.37. The summed E-state index contributed by atoms with van der Waals surface area (Å²) < 4.78 is 5.00. The van der Waals surface area contributed by atoms with Gasteiger partial charge in [-0.3, -0.25) is 0 Å². The first-order chi connectivity index (χ1) is 8.22. The second-order valence-electron chi connectivity index (χ2n) is 4.81. The minimum Gasteiger partial charge on any atom is -0.383 e. The number of hydrogen-bond acceptors (Lipinski definition) is 2. The van der Waals surface area contributed by atoms with Crippen LogP contribution in [0.4, 0.5) is 0 Å². The monoisotopic (exact) mass is 253 g/mol. The van der Waals surface area contributed by atoms with E-state index in [4.69, 9.17) is 16.3 Å². The van der Waals surface area contributed by atoms with Gasteiger partial charge in [-0.25, -0.2) is 0 Å². The molecule has 1 aromatic rings. The summed E-state index contributed by atoms with van der Waals surface area (Å²) in [6.45, 7) is 4.85. The number of ether oxygens (including phenoxy) is 1. The molecule has 94 valence electrons. The number of rotatable bonds is 6. The number of methoxy groups -OCH3 is 1. The van der Waals surface area contributed by atoms with Crippen molar-refractivity contribution >= 4 is 11.6 Å². The highest BCUT2D eigenvalue weighted by Crippen LogP contribution is 2.47. The van der Waals surface area contributed by atoms with Gasteiger partial charge in [0.25, 0.3) is 0 Å². The van der Waals surface area contributed by atoms with Gasteiger partial charge in [-0.15, -0.1) is 0 Å². The van der Waals surface area contributed by atoms with Gasteiger partial charge in [0, 0.05) is 18.7 Å². The van der Waals surface area contributed by atoms with Crippen molar-refractivity contribution in [3.05, 3.63) is 34.3 Å². The Morgan fingerprint density at radius 3 is 3.00 bits per heavy atom. The molecule has 0 spiro atoms. The molecule has 1 fully saturated rings. The molecule has 0 radical (unpaired) electrons. The van der Waals surface area contributed by atoms with Crippen molar-refractivity contribution in [2.45, 2.75) is 19.3 Å². The Balaban J connectivity index is 1.79. The van der Waals surface area contributed by atoms with Crippen LogP contribution in [-0.4, -0.2) is 26.8 Å². The molecule has 1 aliphatic rings. The second kappa shape index (κ2) is 5.85. The Morgan fingerprint density at radius 1 is 1.47 bits per heavy atom. The highest BCUT2D eigenvalue weighted by molar-refractivity contribution is 6.31. The molecule has 17 heavy (non-hydrogen) atoms. The lowest BCUT2D eigenvalue weighted by Gasteiger charge is -2.05. The van der Waals surface area contributed by atoms with Crippen LogP contribution in [0.15, 0.2) is 18.2 Å². The van der Waals surface area contributed by atoms with Crippen LogP contribution >= 0.6 is 11.6 Å². The second-order valence-corrected chi connectivity index (χ2v) is 5.22. The lowest BCUT2D eigenvalue weighted by Crippen LogP contribution is -2.21. The number of nitrogens with one attached hydrogen (secondary N) is 1. The molecule has 2 unspecified atom stereocenters. The van der Waals surface area contributed by atoms with E-state index in [-0.39, 0.29) is 0 Å². The minimum atomic E-state index is 0.697. The van der Waals surface area contributed by atoms with E-state index in [1.165, 1.54) is 12.0 Å². The van der Waals surface area contributed by atoms with Crippen molar-refractivity contribution in [2.24, 2.45) is 5.92 Å². The van der Waals surface area contributed by atoms with E-state index in [0.717, 1.165) is 36.2 Å². The zero-order valence-corrected chi connectivity index (χ0v) is 11.3. The third-order valence-electron chi connectivity index (χ3n) is 3.44. The molecule has 0 aromatic heterocycles. The topological polar surface area (TPSA) is 21.3 Å². The first-order valence-corrected chi connectivity index (χ1v) is 6.56. The van der Waals surface area contributed by atoms with Crippen LogP contribution in [0.2, 0.25) is 5.02 Å². The Morgan fingerprint density at radius 2 is 2.29 bits per heavy atom. The summed E-state index contributed by atoms with van der Waals surface area (Å²) in [7, 11) is 1.73. The Hall–Kier alpha value is -0.570. The molecule has 0 bridgehead atoms. The predicted octanol–water partition coefficient (Wildman–Crippen LogP) is 2.99. The normalized spacial score (nSPS) is 22.8. The van der Waals surface area contributed by atoms with Crippen molar-refractivity contribution in [3.63, 3.8) is 0 Å². The van der Waals surface area contributed by atoms with Gasteiger partial charge in [0.15, 0.2) is 0 Å². The van der Waals surface area contributed by atoms with Crippen molar-refractivity contribution < 1.29 is 4.74 Å². The molecule has 1 aromatic carbocycles. The fraction of sp³-hybridized carbons (Fsp3) is 0.571. The molecule has 2 nitrogen and oxygen atoms in total. The zero-order valence-electron chi connectivity index (χ0n) is 10.5. The first-order valence-electron chi connectivity index (χ1n) is 6.18. The third kappa shape index (κ3) is 3.44. The zero-order chi connectivity index (χ0) is 12.3. The van der Waals surface area contributed by atoms with Gasteiger partial charge in [0.1, 0.15) is 0 Å². The van der Waals surface area contributed by atoms with Gasteiger partial charge in [0.05, 0.1) is 6.61 Å². The van der Waals surface area contributed by atoms with Gasteiger partial charge in [-0.1, -0.05) is 23.7 Å². The van der Waals surface area contributed by atoms with E-state index in [9.17, 15) is 0 Å². The van der Waals surface area contributed by atoms with Crippen molar-refractivity contribution in [2.75, 3.05) is 26.8 Å². The fourth-order valence-corrected chi connectivity index (χ4v) is 2.37. The third-order valence-corrected chi connectivity index (χ3v) is 3.84. The van der Waals surface area contributed by atoms with Gasteiger partial charge >= 0.3 is 0 Å². The van der Waals surface area contributed by atoms with Crippen molar-refractivity contribution in [1.29, 1.82) is 0 Å². The van der Waals surface area contributed by atoms with Crippen LogP contribution in [0.5, 0.6) is 0 Å². The molecule has 0 saturated heterocycles. The van der Waals surface area contributed by atoms with E-state index in [1.807, 2.05) is 6.92 Å². The van der Waals surface area contributed by atoms with Crippen molar-refractivity contribution in [1.82, 2.24) is 5.32 Å². The standard InChI is InChI=1S/C14H20ClNO/c1-10-3-4-11(8-14(10)15)13-7-12(13)9-16-5-6-17-2/h3-4,8,12-13,16H,5-7,9H2,1-2H3. The lowest BCUT2D eigenvalue weighted by molar-refractivity contribution is 0.199. The maximum Gasteiger partial charge on any atom is 0.0587 e. The summed E-state index contributed by atoms with van der Waals surface area (Å²) in [5.74, 6) is 1.47. The molecule has 1 saturated carbocycles. The van der Waals surface area contributed by atoms with Crippen LogP contribution in [0.25, 0.3) is 0 Å². The Kier molecular flexibility index (Phi) is 4.43. The maximum atomic E-state index is 6.15. The summed E-state index contributed by atoms with van der Waals surface area (Å²) in [4.78, 5) is 0. The minimum absolute atomic E-state index is 0.697. The largest absolute Gasteiger partial charge is 0.383 e. The van der Waals surface area contributed by atoms with Gasteiger partial charge in [0.2, 0.25) is 0 Å². The summed E-state index contributed by atoms with van der Waals surface area (Å²) in [5.41, 5.74) is 2.55. The van der Waals surface area contributed by atoms with Gasteiger partial charge in [-0.2, -0.15) is 0 Å². The van der Waals surface area contributed by atoms with Crippen LogP contribution in [0.3, 0.4) is 0 Å². The number of aryl methyl sites for hydroxylation is 1. The van der Waals surface area contributed by atoms with E-state index in [2.05, 4.69) is 23.5 Å². The smallest absolute Gasteiger partial charge is 0.0587 e. The number of halogens is 1. The average molecular weight is 254 g/mol. The lowest BCUT2D eigenvalue weighted by atomic mass is 10.1. The van der Waals surface area contributed by atoms with Crippen LogP contribution in [0, 0.1) is 12.8 Å². The summed E-state index contributed by atoms with van der Waals surface area (Å²) in [5, 5.41) is 4.31. The number of benzene rings is 1. The SMILES string of the molecule is COCCNCC1CC1c1ccc(C)c(Cl)c1. The molecular weight excluding hydrogens is 234 g/mol. The quantitative estimate of drug-likeness (QED) is 0.787. The van der Waals surface area contributed by atoms with Gasteiger partial charge in [-0.05, 0) is 48.9 Å². The van der Waals surface area contributed by atoms with Gasteiger partial charge < -0.3 is 10.1 Å². The summed E-state index contributed by atoms with van der Waals surface area (Å²) in [6.07, 6.45) is 1.28. The van der Waals surface area contributed by atoms with E-state index >= 15 is 0 Å². The molecule has 2 rings (SSSR count). The molecule has 1 aliphatic carbocycles. The number of hydrogen-bond donors (Lipinski definition) is 1. The van der Waals surface area contributed by atoms with E-state index in [0.29, 0.717) is 5.92 Å². The van der Waals surface area contributed by atoms with Crippen LogP contribution in [0.1, 0.15) is 23.5 Å². The molecule has 0 heterocycles. The van der Waals surface area contributed by atoms with Crippen LogP contribution < -0.4 is 5.32 Å². The van der Waals surface area contributed by atoms with E-state index in [1.54, 1.807) is 7.11 Å². The molecule has 0 amide bonds. The predicted molar refractivity (Wildman–Crippen MR) is 71.8 cm³/mol. The van der Waals surface area contributed by atoms with Crippen molar-refractivity contribution in [3.8, 4) is 0 Å². The molecule has 2 atom stereocenters. The fourth-order valence-electron chi connectivity index (χ4n) is 2.18. The average Bonchev–Trinajstić information content (AvgIpc) is 3.08. The molecular formula is C14H20ClNO. The Labute approximate surface area is 108 Å². The summed E-state index contributed by atoms with van der Waals surface area (Å²) in [6, 6.07) is 6.45. The molecule has 1 N–H and O–H groups in total. The summed E-state index contributed by atoms with van der Waals surface area (Å²) >= 11 is 6.15. The van der Waals surface area contributed by atoms with E-state index < -0.39 is 0 Å². The highest BCUT2D eigenvalue weighted by atomic mass is 35.5.